The van der Waals surface area contributed by atoms with Gasteiger partial charge in [-0.25, -0.2) is 0 Å². The number of halogens is 1. The van der Waals surface area contributed by atoms with Crippen molar-refractivity contribution in [3.63, 3.8) is 0 Å². The topological polar surface area (TPSA) is 65.5 Å². The fourth-order valence-corrected chi connectivity index (χ4v) is 4.82. The maximum atomic E-state index is 13.5. The lowest BCUT2D eigenvalue weighted by molar-refractivity contribution is -0.145. The summed E-state index contributed by atoms with van der Waals surface area (Å²) in [6, 6.07) is 5.67. The van der Waals surface area contributed by atoms with Crippen LogP contribution in [0, 0.1) is 0 Å². The first kappa shape index (κ1) is 22.0. The molecule has 27 heavy (non-hydrogen) atoms. The van der Waals surface area contributed by atoms with Crippen molar-refractivity contribution in [2.24, 2.45) is 0 Å². The normalized spacial score (nSPS) is 22.6. The van der Waals surface area contributed by atoms with Gasteiger partial charge in [0.05, 0.1) is 18.1 Å². The van der Waals surface area contributed by atoms with Gasteiger partial charge in [-0.15, -0.1) is 24.2 Å². The quantitative estimate of drug-likeness (QED) is 0.803. The first-order valence-corrected chi connectivity index (χ1v) is 10.6. The largest absolute Gasteiger partial charge is 0.332 e. The Morgan fingerprint density at radius 1 is 1.33 bits per heavy atom. The van der Waals surface area contributed by atoms with Crippen molar-refractivity contribution in [3.05, 3.63) is 30.1 Å². The van der Waals surface area contributed by atoms with Gasteiger partial charge < -0.3 is 15.1 Å². The first-order valence-electron chi connectivity index (χ1n) is 9.49. The van der Waals surface area contributed by atoms with Crippen molar-refractivity contribution in [1.82, 2.24) is 20.1 Å². The fourth-order valence-electron chi connectivity index (χ4n) is 3.65. The predicted molar refractivity (Wildman–Crippen MR) is 111 cm³/mol. The highest BCUT2D eigenvalue weighted by Crippen LogP contribution is 2.26. The maximum absolute atomic E-state index is 13.5. The summed E-state index contributed by atoms with van der Waals surface area (Å²) >= 11 is 1.67. The minimum atomic E-state index is -0.340. The Bertz CT molecular complexity index is 611. The second-order valence-corrected chi connectivity index (χ2v) is 7.85. The number of amides is 2. The molecule has 0 saturated carbocycles. The molecule has 0 bridgehead atoms. The molecule has 3 heterocycles. The molecule has 6 nitrogen and oxygen atoms in total. The molecule has 0 spiro atoms. The Kier molecular flexibility index (Phi) is 8.86. The van der Waals surface area contributed by atoms with Crippen molar-refractivity contribution in [2.75, 3.05) is 24.7 Å². The molecule has 0 aromatic carbocycles. The summed E-state index contributed by atoms with van der Waals surface area (Å²) in [6.45, 7) is 4.30. The molecule has 1 aromatic rings. The summed E-state index contributed by atoms with van der Waals surface area (Å²) in [7, 11) is 0. The van der Waals surface area contributed by atoms with E-state index in [2.05, 4.69) is 10.3 Å². The summed E-state index contributed by atoms with van der Waals surface area (Å²) in [5, 5.41) is 3.42. The van der Waals surface area contributed by atoms with Crippen molar-refractivity contribution in [3.8, 4) is 0 Å². The van der Waals surface area contributed by atoms with E-state index in [0.29, 0.717) is 24.6 Å². The van der Waals surface area contributed by atoms with Gasteiger partial charge in [0.2, 0.25) is 11.8 Å². The first-order chi connectivity index (χ1) is 12.7. The number of carbonyl (C=O) groups excluding carboxylic acids is 2. The van der Waals surface area contributed by atoms with Crippen LogP contribution < -0.4 is 5.32 Å². The summed E-state index contributed by atoms with van der Waals surface area (Å²) in [5.41, 5.74) is 0.900. The number of nitrogens with one attached hydrogen (secondary N) is 1. The third-order valence-electron chi connectivity index (χ3n) is 5.12. The third kappa shape index (κ3) is 5.59. The van der Waals surface area contributed by atoms with Gasteiger partial charge in [-0.05, 0) is 44.5 Å². The van der Waals surface area contributed by atoms with Crippen molar-refractivity contribution >= 4 is 36.0 Å². The lowest BCUT2D eigenvalue weighted by Crippen LogP contribution is -2.52. The molecule has 0 aliphatic carbocycles. The van der Waals surface area contributed by atoms with Gasteiger partial charge in [-0.3, -0.25) is 14.6 Å². The van der Waals surface area contributed by atoms with Crippen molar-refractivity contribution in [2.45, 2.75) is 51.2 Å². The molecule has 2 unspecified atom stereocenters. The molecule has 2 aliphatic heterocycles. The Hall–Kier alpha value is -1.31. The average molecular weight is 413 g/mol. The van der Waals surface area contributed by atoms with E-state index in [-0.39, 0.29) is 36.3 Å². The lowest BCUT2D eigenvalue weighted by Gasteiger charge is -2.35. The number of rotatable bonds is 5. The van der Waals surface area contributed by atoms with Gasteiger partial charge >= 0.3 is 0 Å². The van der Waals surface area contributed by atoms with Crippen LogP contribution in [0.1, 0.15) is 38.3 Å². The molecule has 150 valence electrons. The second kappa shape index (κ2) is 10.9. The predicted octanol–water partition coefficient (Wildman–Crippen LogP) is 2.29. The van der Waals surface area contributed by atoms with Gasteiger partial charge in [-0.1, -0.05) is 13.0 Å². The number of thioether (sulfide) groups is 1. The number of nitrogens with zero attached hydrogens (tertiary/aromatic N) is 3. The van der Waals surface area contributed by atoms with Crippen LogP contribution >= 0.6 is 24.2 Å². The molecule has 2 atom stereocenters. The summed E-state index contributed by atoms with van der Waals surface area (Å²) in [5.74, 6) is 1.45. The van der Waals surface area contributed by atoms with E-state index in [1.54, 1.807) is 22.9 Å². The molecular formula is C19H29ClN4O2S. The zero-order valence-electron chi connectivity index (χ0n) is 15.8. The average Bonchev–Trinajstić information content (AvgIpc) is 3.01. The number of carbonyl (C=O) groups is 2. The van der Waals surface area contributed by atoms with Crippen molar-refractivity contribution in [1.29, 1.82) is 0 Å². The monoisotopic (exact) mass is 412 g/mol. The number of hydrogen-bond acceptors (Lipinski definition) is 5. The van der Waals surface area contributed by atoms with Crippen LogP contribution in [0.25, 0.3) is 0 Å². The van der Waals surface area contributed by atoms with Gasteiger partial charge in [0.25, 0.3) is 0 Å². The molecule has 2 fully saturated rings. The highest BCUT2D eigenvalue weighted by molar-refractivity contribution is 7.99. The van der Waals surface area contributed by atoms with E-state index in [1.807, 2.05) is 30.0 Å². The molecule has 3 rings (SSSR count). The van der Waals surface area contributed by atoms with Crippen LogP contribution in [-0.2, 0) is 16.1 Å². The van der Waals surface area contributed by atoms with Gasteiger partial charge in [0.15, 0.2) is 0 Å². The highest BCUT2D eigenvalue weighted by Gasteiger charge is 2.38. The number of pyridine rings is 1. The van der Waals surface area contributed by atoms with E-state index in [9.17, 15) is 9.59 Å². The van der Waals surface area contributed by atoms with E-state index in [1.165, 1.54) is 0 Å². The standard InChI is InChI=1S/C19H28N4O2S.ClH/c1-2-18(24)23-14-26-13-17(23)19(25)22(12-15-6-3-4-10-21-15)16-7-5-9-20-11-8-16;/h3-4,6,10,16-17,20H,2,5,7-9,11-14H2,1H3;1H. The molecule has 0 radical (unpaired) electrons. The fraction of sp³-hybridized carbons (Fsp3) is 0.632. The van der Waals surface area contributed by atoms with Crippen LogP contribution in [0.15, 0.2) is 24.4 Å². The zero-order valence-corrected chi connectivity index (χ0v) is 17.4. The third-order valence-corrected chi connectivity index (χ3v) is 6.13. The van der Waals surface area contributed by atoms with Gasteiger partial charge in [0.1, 0.15) is 6.04 Å². The summed E-state index contributed by atoms with van der Waals surface area (Å²) in [6.07, 6.45) is 5.21. The van der Waals surface area contributed by atoms with E-state index in [0.717, 1.165) is 38.0 Å². The molecule has 2 amide bonds. The highest BCUT2D eigenvalue weighted by atomic mass is 35.5. The van der Waals surface area contributed by atoms with Crippen molar-refractivity contribution < 1.29 is 9.59 Å². The smallest absolute Gasteiger partial charge is 0.246 e. The summed E-state index contributed by atoms with van der Waals surface area (Å²) < 4.78 is 0. The number of hydrogen-bond donors (Lipinski definition) is 1. The molecule has 1 aromatic heterocycles. The van der Waals surface area contributed by atoms with E-state index < -0.39 is 0 Å². The van der Waals surface area contributed by atoms with Crippen LogP contribution in [0.4, 0.5) is 0 Å². The van der Waals surface area contributed by atoms with Crippen LogP contribution in [0.5, 0.6) is 0 Å². The van der Waals surface area contributed by atoms with Crippen LogP contribution in [0.2, 0.25) is 0 Å². The minimum Gasteiger partial charge on any atom is -0.332 e. The van der Waals surface area contributed by atoms with Crippen LogP contribution in [0.3, 0.4) is 0 Å². The molecule has 2 saturated heterocycles. The Morgan fingerprint density at radius 2 is 2.19 bits per heavy atom. The van der Waals surface area contributed by atoms with E-state index in [4.69, 9.17) is 0 Å². The van der Waals surface area contributed by atoms with Crippen LogP contribution in [-0.4, -0.2) is 63.4 Å². The Labute approximate surface area is 171 Å². The Morgan fingerprint density at radius 3 is 2.93 bits per heavy atom. The molecule has 8 heteroatoms. The number of aromatic nitrogens is 1. The minimum absolute atomic E-state index is 0. The zero-order chi connectivity index (χ0) is 18.4. The molecular weight excluding hydrogens is 384 g/mol. The Balaban J connectivity index is 0.00000261. The molecule has 2 aliphatic rings. The maximum Gasteiger partial charge on any atom is 0.246 e. The summed E-state index contributed by atoms with van der Waals surface area (Å²) in [4.78, 5) is 33.9. The van der Waals surface area contributed by atoms with Gasteiger partial charge in [-0.2, -0.15) is 0 Å². The molecule has 1 N–H and O–H groups in total. The lowest BCUT2D eigenvalue weighted by atomic mass is 10.1. The van der Waals surface area contributed by atoms with Gasteiger partial charge in [0, 0.05) is 24.4 Å². The SMILES string of the molecule is CCC(=O)N1CSCC1C(=O)N(Cc1ccccn1)C1CCCNCC1.Cl. The second-order valence-electron chi connectivity index (χ2n) is 6.85. The van der Waals surface area contributed by atoms with E-state index >= 15 is 0 Å².